The summed E-state index contributed by atoms with van der Waals surface area (Å²) in [5.74, 6) is 0. The smallest absolute Gasteiger partial charge is 0.142 e. The standard InChI is InChI=1S/C9H8O.Cu/c10-8-4-7-9-5-2-1-3-6-9;/h1-8H;. The molecule has 0 bridgehead atoms. The van der Waals surface area contributed by atoms with Gasteiger partial charge in [-0.05, 0) is 11.6 Å². The van der Waals surface area contributed by atoms with Gasteiger partial charge in [-0.15, -0.1) is 0 Å². The maximum atomic E-state index is 9.89. The van der Waals surface area contributed by atoms with Gasteiger partial charge < -0.3 is 0 Å². The van der Waals surface area contributed by atoms with Crippen LogP contribution in [0.5, 0.6) is 0 Å². The Morgan fingerprint density at radius 1 is 1.09 bits per heavy atom. The van der Waals surface area contributed by atoms with Crippen molar-refractivity contribution in [3.05, 3.63) is 42.0 Å². The molecule has 1 aromatic carbocycles. The predicted molar refractivity (Wildman–Crippen MR) is 41.5 cm³/mol. The van der Waals surface area contributed by atoms with Crippen molar-refractivity contribution in [3.63, 3.8) is 0 Å². The molecule has 1 radical (unpaired) electrons. The van der Waals surface area contributed by atoms with Crippen LogP contribution in [0.2, 0.25) is 0 Å². The summed E-state index contributed by atoms with van der Waals surface area (Å²) in [6, 6.07) is 9.70. The summed E-state index contributed by atoms with van der Waals surface area (Å²) in [6.45, 7) is 0. The normalized spacial score (nSPS) is 9.09. The van der Waals surface area contributed by atoms with E-state index in [1.165, 1.54) is 6.08 Å². The topological polar surface area (TPSA) is 17.1 Å². The van der Waals surface area contributed by atoms with Gasteiger partial charge in [0.05, 0.1) is 0 Å². The van der Waals surface area contributed by atoms with Gasteiger partial charge in [0.25, 0.3) is 0 Å². The molecule has 0 heterocycles. The van der Waals surface area contributed by atoms with Gasteiger partial charge in [0.15, 0.2) is 0 Å². The summed E-state index contributed by atoms with van der Waals surface area (Å²) in [4.78, 5) is 9.89. The zero-order valence-electron chi connectivity index (χ0n) is 5.83. The van der Waals surface area contributed by atoms with E-state index in [1.54, 1.807) is 6.08 Å². The van der Waals surface area contributed by atoms with Crippen LogP contribution in [-0.4, -0.2) is 6.29 Å². The fourth-order valence-corrected chi connectivity index (χ4v) is 0.715. The minimum absolute atomic E-state index is 0. The van der Waals surface area contributed by atoms with Crippen molar-refractivity contribution in [2.45, 2.75) is 0 Å². The molecule has 0 saturated heterocycles. The molecule has 0 spiro atoms. The van der Waals surface area contributed by atoms with Crippen LogP contribution in [0, 0.1) is 0 Å². The van der Waals surface area contributed by atoms with Crippen molar-refractivity contribution in [3.8, 4) is 0 Å². The zero-order chi connectivity index (χ0) is 7.23. The molecular weight excluding hydrogens is 188 g/mol. The van der Waals surface area contributed by atoms with E-state index < -0.39 is 0 Å². The van der Waals surface area contributed by atoms with Crippen LogP contribution in [0.1, 0.15) is 5.56 Å². The molecule has 61 valence electrons. The number of aldehydes is 1. The van der Waals surface area contributed by atoms with Crippen molar-refractivity contribution in [2.24, 2.45) is 0 Å². The molecule has 0 N–H and O–H groups in total. The van der Waals surface area contributed by atoms with Crippen LogP contribution in [-0.2, 0) is 21.9 Å². The van der Waals surface area contributed by atoms with Crippen molar-refractivity contribution >= 4 is 12.4 Å². The number of hydrogen-bond donors (Lipinski definition) is 0. The second-order valence-corrected chi connectivity index (χ2v) is 1.91. The summed E-state index contributed by atoms with van der Waals surface area (Å²) in [5.41, 5.74) is 1.05. The van der Waals surface area contributed by atoms with E-state index >= 15 is 0 Å². The minimum Gasteiger partial charge on any atom is -0.299 e. The maximum Gasteiger partial charge on any atom is 0.142 e. The molecule has 0 unspecified atom stereocenters. The molecule has 0 aliphatic heterocycles. The molecule has 1 aromatic rings. The molecule has 1 rings (SSSR count). The summed E-state index contributed by atoms with van der Waals surface area (Å²) in [7, 11) is 0. The second-order valence-electron chi connectivity index (χ2n) is 1.91. The first-order chi connectivity index (χ1) is 4.93. The molecule has 0 aliphatic rings. The predicted octanol–water partition coefficient (Wildman–Crippen LogP) is 1.90. The Balaban J connectivity index is 0.000001000. The molecule has 0 amide bonds. The van der Waals surface area contributed by atoms with Gasteiger partial charge in [-0.2, -0.15) is 0 Å². The number of rotatable bonds is 2. The molecule has 0 atom stereocenters. The third kappa shape index (κ3) is 3.76. The van der Waals surface area contributed by atoms with Crippen LogP contribution < -0.4 is 0 Å². The van der Waals surface area contributed by atoms with Gasteiger partial charge in [0.1, 0.15) is 6.29 Å². The zero-order valence-corrected chi connectivity index (χ0v) is 6.77. The largest absolute Gasteiger partial charge is 0.299 e. The molecule has 0 aromatic heterocycles. The van der Waals surface area contributed by atoms with Gasteiger partial charge in [-0.3, -0.25) is 4.79 Å². The molecule has 0 saturated carbocycles. The Bertz CT molecular complexity index is 229. The van der Waals surface area contributed by atoms with E-state index in [0.717, 1.165) is 11.8 Å². The Labute approximate surface area is 76.6 Å². The fraction of sp³-hybridized carbons (Fsp3) is 0. The third-order valence-corrected chi connectivity index (χ3v) is 1.17. The van der Waals surface area contributed by atoms with E-state index in [-0.39, 0.29) is 17.1 Å². The molecule has 0 fully saturated rings. The fourth-order valence-electron chi connectivity index (χ4n) is 0.715. The summed E-state index contributed by atoms with van der Waals surface area (Å²) in [5, 5.41) is 0. The monoisotopic (exact) mass is 195 g/mol. The number of benzene rings is 1. The Morgan fingerprint density at radius 2 is 1.73 bits per heavy atom. The van der Waals surface area contributed by atoms with E-state index in [2.05, 4.69) is 0 Å². The Hall–Kier alpha value is -0.851. The van der Waals surface area contributed by atoms with Crippen LogP contribution in [0.4, 0.5) is 0 Å². The average Bonchev–Trinajstić information content (AvgIpc) is 2.03. The van der Waals surface area contributed by atoms with Crippen molar-refractivity contribution < 1.29 is 21.9 Å². The third-order valence-electron chi connectivity index (χ3n) is 1.17. The molecule has 11 heavy (non-hydrogen) atoms. The average molecular weight is 196 g/mol. The molecule has 1 nitrogen and oxygen atoms in total. The molecular formula is C9H8CuO. The van der Waals surface area contributed by atoms with Gasteiger partial charge in [-0.1, -0.05) is 36.4 Å². The number of hydrogen-bond acceptors (Lipinski definition) is 1. The van der Waals surface area contributed by atoms with Crippen molar-refractivity contribution in [1.29, 1.82) is 0 Å². The van der Waals surface area contributed by atoms with Crippen molar-refractivity contribution in [2.75, 3.05) is 0 Å². The van der Waals surface area contributed by atoms with Gasteiger partial charge in [-0.25, -0.2) is 0 Å². The first kappa shape index (κ1) is 10.1. The first-order valence-corrected chi connectivity index (χ1v) is 3.10. The first-order valence-electron chi connectivity index (χ1n) is 3.10. The molecule has 2 heteroatoms. The summed E-state index contributed by atoms with van der Waals surface area (Å²) < 4.78 is 0. The summed E-state index contributed by atoms with van der Waals surface area (Å²) in [6.07, 6.45) is 4.02. The van der Waals surface area contributed by atoms with Crippen LogP contribution in [0.15, 0.2) is 36.4 Å². The van der Waals surface area contributed by atoms with E-state index in [1.807, 2.05) is 30.3 Å². The quantitative estimate of drug-likeness (QED) is 0.400. The maximum absolute atomic E-state index is 9.89. The van der Waals surface area contributed by atoms with Gasteiger partial charge in [0.2, 0.25) is 0 Å². The second kappa shape index (κ2) is 5.90. The molecule has 0 aliphatic carbocycles. The van der Waals surface area contributed by atoms with Crippen LogP contribution >= 0.6 is 0 Å². The van der Waals surface area contributed by atoms with Crippen molar-refractivity contribution in [1.82, 2.24) is 0 Å². The van der Waals surface area contributed by atoms with E-state index in [4.69, 9.17) is 0 Å². The van der Waals surface area contributed by atoms with E-state index in [0.29, 0.717) is 0 Å². The number of carbonyl (C=O) groups excluding carboxylic acids is 1. The Kier molecular flexibility index (Phi) is 5.44. The van der Waals surface area contributed by atoms with E-state index in [9.17, 15) is 4.79 Å². The summed E-state index contributed by atoms with van der Waals surface area (Å²) >= 11 is 0. The minimum atomic E-state index is 0. The van der Waals surface area contributed by atoms with Gasteiger partial charge in [0, 0.05) is 17.1 Å². The number of carbonyl (C=O) groups is 1. The SMILES string of the molecule is O=CC=Cc1ccccc1.[Cu]. The van der Waals surface area contributed by atoms with Crippen LogP contribution in [0.3, 0.4) is 0 Å². The number of allylic oxidation sites excluding steroid dienone is 1. The van der Waals surface area contributed by atoms with Gasteiger partial charge >= 0.3 is 0 Å². The van der Waals surface area contributed by atoms with Crippen LogP contribution in [0.25, 0.3) is 6.08 Å². The Morgan fingerprint density at radius 3 is 2.27 bits per heavy atom.